The minimum absolute atomic E-state index is 0.0870. The van der Waals surface area contributed by atoms with Crippen LogP contribution in [-0.2, 0) is 6.42 Å². The van der Waals surface area contributed by atoms with Gasteiger partial charge in [0.25, 0.3) is 0 Å². The zero-order valence-electron chi connectivity index (χ0n) is 12.8. The Bertz CT molecular complexity index is 855. The molecule has 0 saturated heterocycles. The van der Waals surface area contributed by atoms with Gasteiger partial charge in [0.15, 0.2) is 11.5 Å². The summed E-state index contributed by atoms with van der Waals surface area (Å²) in [6, 6.07) is 11.0. The molecule has 0 aliphatic carbocycles. The molecule has 0 aliphatic heterocycles. The summed E-state index contributed by atoms with van der Waals surface area (Å²) in [4.78, 5) is 16.7. The maximum absolute atomic E-state index is 12.5. The van der Waals surface area contributed by atoms with Crippen molar-refractivity contribution in [1.29, 1.82) is 0 Å². The third-order valence-corrected chi connectivity index (χ3v) is 3.79. The number of carbonyl (C=O) groups excluding carboxylic acids is 1. The van der Waals surface area contributed by atoms with Crippen molar-refractivity contribution in [2.75, 3.05) is 0 Å². The Morgan fingerprint density at radius 2 is 2.04 bits per heavy atom. The van der Waals surface area contributed by atoms with Crippen LogP contribution in [0.15, 0.2) is 42.6 Å². The average Bonchev–Trinajstić information content (AvgIpc) is 2.90. The van der Waals surface area contributed by atoms with Crippen molar-refractivity contribution in [1.82, 2.24) is 20.0 Å². The molecule has 0 bridgehead atoms. The zero-order chi connectivity index (χ0) is 16.4. The van der Waals surface area contributed by atoms with Gasteiger partial charge in [0.05, 0.1) is 17.6 Å². The van der Waals surface area contributed by atoms with Crippen molar-refractivity contribution >= 4 is 17.4 Å². The molecule has 116 valence electrons. The summed E-state index contributed by atoms with van der Waals surface area (Å²) in [5, 5.41) is 8.72. The minimum atomic E-state index is -0.0870. The summed E-state index contributed by atoms with van der Waals surface area (Å²) in [5.41, 5.74) is 3.62. The highest BCUT2D eigenvalue weighted by atomic mass is 35.5. The number of rotatable bonds is 4. The van der Waals surface area contributed by atoms with Crippen LogP contribution in [0.3, 0.4) is 0 Å². The van der Waals surface area contributed by atoms with E-state index in [1.54, 1.807) is 23.0 Å². The largest absolute Gasteiger partial charge is 0.292 e. The summed E-state index contributed by atoms with van der Waals surface area (Å²) in [7, 11) is 0. The lowest BCUT2D eigenvalue weighted by Gasteiger charge is -2.04. The first kappa shape index (κ1) is 15.4. The topological polar surface area (TPSA) is 60.7 Å². The summed E-state index contributed by atoms with van der Waals surface area (Å²) < 4.78 is 1.62. The van der Waals surface area contributed by atoms with Crippen LogP contribution in [0.2, 0.25) is 5.02 Å². The van der Waals surface area contributed by atoms with E-state index in [-0.39, 0.29) is 12.2 Å². The lowest BCUT2D eigenvalue weighted by atomic mass is 10.1. The average molecular weight is 327 g/mol. The van der Waals surface area contributed by atoms with Gasteiger partial charge in [-0.2, -0.15) is 0 Å². The molecule has 2 heterocycles. The van der Waals surface area contributed by atoms with Gasteiger partial charge in [0.2, 0.25) is 0 Å². The van der Waals surface area contributed by atoms with E-state index in [1.165, 1.54) is 0 Å². The molecular weight excluding hydrogens is 312 g/mol. The second kappa shape index (κ2) is 6.30. The van der Waals surface area contributed by atoms with E-state index in [9.17, 15) is 4.79 Å². The molecule has 2 aromatic heterocycles. The number of benzene rings is 1. The summed E-state index contributed by atoms with van der Waals surface area (Å²) in [5.74, 6) is -0.0870. The number of aromatic nitrogens is 4. The van der Waals surface area contributed by atoms with E-state index in [1.807, 2.05) is 38.1 Å². The van der Waals surface area contributed by atoms with Crippen molar-refractivity contribution in [2.45, 2.75) is 20.3 Å². The molecule has 0 fully saturated rings. The SMILES string of the molecule is Cc1ccc(-n2nnc(C(=O)Cc3cccc(Cl)c3)c2C)cn1. The van der Waals surface area contributed by atoms with Gasteiger partial charge >= 0.3 is 0 Å². The minimum Gasteiger partial charge on any atom is -0.292 e. The van der Waals surface area contributed by atoms with Gasteiger partial charge in [-0.25, -0.2) is 4.68 Å². The predicted molar refractivity (Wildman–Crippen MR) is 88.1 cm³/mol. The molecule has 0 saturated carbocycles. The molecule has 3 aromatic rings. The first-order valence-corrected chi connectivity index (χ1v) is 7.55. The van der Waals surface area contributed by atoms with Crippen LogP contribution in [0.25, 0.3) is 5.69 Å². The molecule has 0 radical (unpaired) electrons. The third kappa shape index (κ3) is 3.29. The number of hydrogen-bond acceptors (Lipinski definition) is 4. The number of ketones is 1. The fourth-order valence-corrected chi connectivity index (χ4v) is 2.55. The van der Waals surface area contributed by atoms with E-state index in [4.69, 9.17) is 11.6 Å². The van der Waals surface area contributed by atoms with Crippen molar-refractivity contribution in [3.63, 3.8) is 0 Å². The van der Waals surface area contributed by atoms with E-state index in [0.29, 0.717) is 16.4 Å². The van der Waals surface area contributed by atoms with Crippen molar-refractivity contribution in [3.05, 3.63) is 70.3 Å². The Balaban J connectivity index is 1.86. The molecule has 3 rings (SSSR count). The highest BCUT2D eigenvalue weighted by Crippen LogP contribution is 2.16. The quantitative estimate of drug-likeness (QED) is 0.690. The van der Waals surface area contributed by atoms with Crippen molar-refractivity contribution in [2.24, 2.45) is 0 Å². The van der Waals surface area contributed by atoms with Crippen LogP contribution < -0.4 is 0 Å². The number of hydrogen-bond donors (Lipinski definition) is 0. The van der Waals surface area contributed by atoms with Crippen LogP contribution in [0.4, 0.5) is 0 Å². The van der Waals surface area contributed by atoms with Gasteiger partial charge < -0.3 is 0 Å². The van der Waals surface area contributed by atoms with Crippen LogP contribution in [0.5, 0.6) is 0 Å². The highest BCUT2D eigenvalue weighted by molar-refractivity contribution is 6.30. The Labute approximate surface area is 138 Å². The third-order valence-electron chi connectivity index (χ3n) is 3.55. The van der Waals surface area contributed by atoms with Crippen LogP contribution in [-0.4, -0.2) is 25.8 Å². The van der Waals surface area contributed by atoms with Crippen molar-refractivity contribution < 1.29 is 4.79 Å². The number of pyridine rings is 1. The molecule has 5 nitrogen and oxygen atoms in total. The van der Waals surface area contributed by atoms with Crippen LogP contribution in [0.1, 0.15) is 27.4 Å². The Hall–Kier alpha value is -2.53. The molecule has 0 amide bonds. The summed E-state index contributed by atoms with van der Waals surface area (Å²) in [6.07, 6.45) is 1.95. The lowest BCUT2D eigenvalue weighted by Crippen LogP contribution is -2.07. The van der Waals surface area contributed by atoms with E-state index >= 15 is 0 Å². The molecule has 0 spiro atoms. The molecule has 6 heteroatoms. The molecule has 23 heavy (non-hydrogen) atoms. The molecule has 0 N–H and O–H groups in total. The number of carbonyl (C=O) groups is 1. The predicted octanol–water partition coefficient (Wildman–Crippen LogP) is 3.36. The number of halogens is 1. The van der Waals surface area contributed by atoms with Gasteiger partial charge in [0, 0.05) is 17.1 Å². The number of aryl methyl sites for hydroxylation is 1. The van der Waals surface area contributed by atoms with Gasteiger partial charge in [0.1, 0.15) is 0 Å². The monoisotopic (exact) mass is 326 g/mol. The zero-order valence-corrected chi connectivity index (χ0v) is 13.6. The molecule has 0 atom stereocenters. The Morgan fingerprint density at radius 1 is 1.22 bits per heavy atom. The lowest BCUT2D eigenvalue weighted by molar-refractivity contribution is 0.0987. The number of nitrogens with zero attached hydrogens (tertiary/aromatic N) is 4. The first-order chi connectivity index (χ1) is 11.0. The second-order valence-corrected chi connectivity index (χ2v) is 5.76. The van der Waals surface area contributed by atoms with Gasteiger partial charge in [-0.1, -0.05) is 28.9 Å². The first-order valence-electron chi connectivity index (χ1n) is 7.17. The summed E-state index contributed by atoms with van der Waals surface area (Å²) >= 11 is 5.95. The van der Waals surface area contributed by atoms with Gasteiger partial charge in [-0.05, 0) is 43.7 Å². The Kier molecular flexibility index (Phi) is 4.21. The van der Waals surface area contributed by atoms with Gasteiger partial charge in [-0.3, -0.25) is 9.78 Å². The van der Waals surface area contributed by atoms with E-state index < -0.39 is 0 Å². The second-order valence-electron chi connectivity index (χ2n) is 5.32. The summed E-state index contributed by atoms with van der Waals surface area (Å²) in [6.45, 7) is 3.74. The maximum Gasteiger partial charge on any atom is 0.189 e. The Morgan fingerprint density at radius 3 is 2.74 bits per heavy atom. The van der Waals surface area contributed by atoms with Crippen LogP contribution in [0, 0.1) is 13.8 Å². The number of Topliss-reactive ketones (excluding diaryl/α,β-unsaturated/α-hetero) is 1. The van der Waals surface area contributed by atoms with Crippen LogP contribution >= 0.6 is 11.6 Å². The molecular formula is C17H15ClN4O. The maximum atomic E-state index is 12.5. The normalized spacial score (nSPS) is 10.7. The highest BCUT2D eigenvalue weighted by Gasteiger charge is 2.17. The fraction of sp³-hybridized carbons (Fsp3) is 0.176. The fourth-order valence-electron chi connectivity index (χ4n) is 2.33. The standard InChI is InChI=1S/C17H15ClN4O/c1-11-6-7-15(10-19-11)22-12(2)17(20-21-22)16(23)9-13-4-3-5-14(18)8-13/h3-8,10H,9H2,1-2H3. The smallest absolute Gasteiger partial charge is 0.189 e. The molecule has 0 aliphatic rings. The van der Waals surface area contributed by atoms with Crippen molar-refractivity contribution in [3.8, 4) is 5.69 Å². The molecule has 1 aromatic carbocycles. The molecule has 0 unspecified atom stereocenters. The van der Waals surface area contributed by atoms with Gasteiger partial charge in [-0.15, -0.1) is 5.10 Å². The van der Waals surface area contributed by atoms with E-state index in [0.717, 1.165) is 16.9 Å². The van der Waals surface area contributed by atoms with E-state index in [2.05, 4.69) is 15.3 Å².